The largest absolute Gasteiger partial charge is 0.472 e. The lowest BCUT2D eigenvalue weighted by Crippen LogP contribution is -2.30. The fourth-order valence-corrected chi connectivity index (χ4v) is 1.75. The molecule has 1 heterocycles. The first-order chi connectivity index (χ1) is 7.33. The highest BCUT2D eigenvalue weighted by Crippen LogP contribution is 1.98. The summed E-state index contributed by atoms with van der Waals surface area (Å²) in [5.74, 6) is 1.21. The fraction of sp³-hybridized carbons (Fsp3) is 0.636. The summed E-state index contributed by atoms with van der Waals surface area (Å²) < 4.78 is 4.99. The Morgan fingerprint density at radius 1 is 1.47 bits per heavy atom. The van der Waals surface area contributed by atoms with E-state index in [-0.39, 0.29) is 0 Å². The van der Waals surface area contributed by atoms with Gasteiger partial charge in [0.05, 0.1) is 12.5 Å². The van der Waals surface area contributed by atoms with E-state index in [2.05, 4.69) is 23.5 Å². The van der Waals surface area contributed by atoms with Crippen molar-refractivity contribution < 1.29 is 4.42 Å². The lowest BCUT2D eigenvalue weighted by Gasteiger charge is -2.15. The molecule has 0 aliphatic carbocycles. The third-order valence-electron chi connectivity index (χ3n) is 2.26. The van der Waals surface area contributed by atoms with E-state index in [4.69, 9.17) is 4.42 Å². The maximum Gasteiger partial charge on any atom is 0.0947 e. The number of furan rings is 1. The molecule has 0 saturated heterocycles. The van der Waals surface area contributed by atoms with Gasteiger partial charge in [-0.05, 0) is 19.4 Å². The van der Waals surface area contributed by atoms with Gasteiger partial charge in [-0.2, -0.15) is 11.8 Å². The Balaban J connectivity index is 1.97. The molecule has 0 unspecified atom stereocenters. The number of nitrogens with zero attached hydrogens (tertiary/aromatic N) is 1. The Labute approximate surface area is 96.2 Å². The van der Waals surface area contributed by atoms with Crippen molar-refractivity contribution in [2.24, 2.45) is 0 Å². The van der Waals surface area contributed by atoms with Crippen LogP contribution in [-0.4, -0.2) is 43.6 Å². The molecule has 0 aliphatic rings. The van der Waals surface area contributed by atoms with E-state index >= 15 is 0 Å². The van der Waals surface area contributed by atoms with Gasteiger partial charge in [0.15, 0.2) is 0 Å². The second-order valence-electron chi connectivity index (χ2n) is 3.60. The lowest BCUT2D eigenvalue weighted by molar-refractivity contribution is 0.351. The molecule has 0 fully saturated rings. The molecular weight excluding hydrogens is 208 g/mol. The van der Waals surface area contributed by atoms with Crippen molar-refractivity contribution in [3.05, 3.63) is 24.2 Å². The number of thioether (sulfide) groups is 1. The Morgan fingerprint density at radius 2 is 2.33 bits per heavy atom. The van der Waals surface area contributed by atoms with Crippen molar-refractivity contribution in [3.63, 3.8) is 0 Å². The van der Waals surface area contributed by atoms with Crippen LogP contribution >= 0.6 is 11.8 Å². The molecule has 0 radical (unpaired) electrons. The van der Waals surface area contributed by atoms with Gasteiger partial charge < -0.3 is 14.6 Å². The highest BCUT2D eigenvalue weighted by Gasteiger charge is 1.97. The van der Waals surface area contributed by atoms with Gasteiger partial charge in [0.2, 0.25) is 0 Å². The van der Waals surface area contributed by atoms with E-state index in [0.29, 0.717) is 0 Å². The van der Waals surface area contributed by atoms with Crippen molar-refractivity contribution in [1.82, 2.24) is 10.2 Å². The molecule has 86 valence electrons. The number of rotatable bonds is 8. The van der Waals surface area contributed by atoms with Gasteiger partial charge in [-0.1, -0.05) is 0 Å². The van der Waals surface area contributed by atoms with Gasteiger partial charge in [0.25, 0.3) is 0 Å². The summed E-state index contributed by atoms with van der Waals surface area (Å²) in [6, 6.07) is 1.99. The van der Waals surface area contributed by atoms with E-state index in [1.54, 1.807) is 12.5 Å². The van der Waals surface area contributed by atoms with Crippen molar-refractivity contribution in [1.29, 1.82) is 0 Å². The molecule has 0 aliphatic heterocycles. The van der Waals surface area contributed by atoms with E-state index < -0.39 is 0 Å². The zero-order valence-corrected chi connectivity index (χ0v) is 10.3. The second kappa shape index (κ2) is 7.79. The van der Waals surface area contributed by atoms with Gasteiger partial charge in [-0.15, -0.1) is 0 Å². The van der Waals surface area contributed by atoms with Gasteiger partial charge >= 0.3 is 0 Å². The first-order valence-corrected chi connectivity index (χ1v) is 6.61. The Kier molecular flexibility index (Phi) is 6.55. The molecule has 0 amide bonds. The van der Waals surface area contributed by atoms with Crippen LogP contribution in [0.2, 0.25) is 0 Å². The molecule has 15 heavy (non-hydrogen) atoms. The number of likely N-dealkylation sites (N-methyl/N-ethyl adjacent to an activating group) is 1. The van der Waals surface area contributed by atoms with Crippen LogP contribution in [0.3, 0.4) is 0 Å². The molecule has 3 nitrogen and oxygen atoms in total. The fourth-order valence-electron chi connectivity index (χ4n) is 1.25. The number of hydrogen-bond acceptors (Lipinski definition) is 4. The van der Waals surface area contributed by atoms with Crippen LogP contribution in [-0.2, 0) is 6.54 Å². The highest BCUT2D eigenvalue weighted by atomic mass is 32.2. The summed E-state index contributed by atoms with van der Waals surface area (Å²) in [6.45, 7) is 4.18. The first kappa shape index (κ1) is 12.6. The zero-order valence-electron chi connectivity index (χ0n) is 9.53. The third kappa shape index (κ3) is 5.87. The van der Waals surface area contributed by atoms with E-state index in [1.165, 1.54) is 11.3 Å². The Morgan fingerprint density at radius 3 is 3.00 bits per heavy atom. The SMILES string of the molecule is CSCCN(C)CCNCc1ccoc1. The van der Waals surface area contributed by atoms with Crippen LogP contribution in [0.5, 0.6) is 0 Å². The second-order valence-corrected chi connectivity index (χ2v) is 4.59. The summed E-state index contributed by atoms with van der Waals surface area (Å²) in [5, 5.41) is 3.39. The molecule has 1 rings (SSSR count). The zero-order chi connectivity index (χ0) is 10.9. The van der Waals surface area contributed by atoms with Crippen LogP contribution in [0.4, 0.5) is 0 Å². The minimum absolute atomic E-state index is 0.896. The van der Waals surface area contributed by atoms with Crippen LogP contribution < -0.4 is 5.32 Å². The first-order valence-electron chi connectivity index (χ1n) is 5.22. The molecule has 0 bridgehead atoms. The average Bonchev–Trinajstić information content (AvgIpc) is 2.74. The van der Waals surface area contributed by atoms with Crippen molar-refractivity contribution in [2.75, 3.05) is 38.7 Å². The maximum atomic E-state index is 4.99. The molecule has 0 spiro atoms. The normalized spacial score (nSPS) is 11.1. The van der Waals surface area contributed by atoms with Crippen LogP contribution in [0.1, 0.15) is 5.56 Å². The summed E-state index contributed by atoms with van der Waals surface area (Å²) >= 11 is 1.89. The molecule has 1 N–H and O–H groups in total. The molecule has 0 atom stereocenters. The predicted molar refractivity (Wildman–Crippen MR) is 66.3 cm³/mol. The molecule has 1 aromatic rings. The summed E-state index contributed by atoms with van der Waals surface area (Å²) in [7, 11) is 2.16. The average molecular weight is 228 g/mol. The third-order valence-corrected chi connectivity index (χ3v) is 2.85. The molecule has 0 saturated carbocycles. The predicted octanol–water partition coefficient (Wildman–Crippen LogP) is 1.66. The van der Waals surface area contributed by atoms with Crippen molar-refractivity contribution in [3.8, 4) is 0 Å². The van der Waals surface area contributed by atoms with Gasteiger partial charge in [-0.3, -0.25) is 0 Å². The van der Waals surface area contributed by atoms with Gasteiger partial charge in [0.1, 0.15) is 0 Å². The van der Waals surface area contributed by atoms with E-state index in [9.17, 15) is 0 Å². The summed E-state index contributed by atoms with van der Waals surface area (Å²) in [5.41, 5.74) is 1.21. The van der Waals surface area contributed by atoms with Gasteiger partial charge in [0, 0.05) is 37.5 Å². The van der Waals surface area contributed by atoms with Gasteiger partial charge in [-0.25, -0.2) is 0 Å². The molecular formula is C11H20N2OS. The minimum Gasteiger partial charge on any atom is -0.472 e. The summed E-state index contributed by atoms with van der Waals surface area (Å²) in [6.07, 6.45) is 5.64. The topological polar surface area (TPSA) is 28.4 Å². The van der Waals surface area contributed by atoms with Crippen LogP contribution in [0, 0.1) is 0 Å². The van der Waals surface area contributed by atoms with Crippen LogP contribution in [0.15, 0.2) is 23.0 Å². The standard InChI is InChI=1S/C11H20N2OS/c1-13(6-8-15-2)5-4-12-9-11-3-7-14-10-11/h3,7,10,12H,4-6,8-9H2,1-2H3. The molecule has 0 aromatic carbocycles. The highest BCUT2D eigenvalue weighted by molar-refractivity contribution is 7.98. The Hall–Kier alpha value is -0.450. The molecule has 4 heteroatoms. The summed E-state index contributed by atoms with van der Waals surface area (Å²) in [4.78, 5) is 2.35. The lowest BCUT2D eigenvalue weighted by atomic mass is 10.3. The minimum atomic E-state index is 0.896. The Bertz CT molecular complexity index is 239. The smallest absolute Gasteiger partial charge is 0.0947 e. The van der Waals surface area contributed by atoms with E-state index in [1.807, 2.05) is 17.8 Å². The monoisotopic (exact) mass is 228 g/mol. The number of hydrogen-bond donors (Lipinski definition) is 1. The van der Waals surface area contributed by atoms with Crippen LogP contribution in [0.25, 0.3) is 0 Å². The van der Waals surface area contributed by atoms with Crippen molar-refractivity contribution in [2.45, 2.75) is 6.54 Å². The maximum absolute atomic E-state index is 4.99. The molecule has 1 aromatic heterocycles. The quantitative estimate of drug-likeness (QED) is 0.685. The van der Waals surface area contributed by atoms with Crippen molar-refractivity contribution >= 4 is 11.8 Å². The number of nitrogens with one attached hydrogen (secondary N) is 1. The van der Waals surface area contributed by atoms with E-state index in [0.717, 1.165) is 26.2 Å².